The zero-order chi connectivity index (χ0) is 9.80. The Morgan fingerprint density at radius 2 is 2.64 bits per heavy atom. The molecule has 1 aliphatic rings. The lowest BCUT2D eigenvalue weighted by Gasteiger charge is -2.08. The number of nitrogens with one attached hydrogen (secondary N) is 2. The monoisotopic (exact) mass is 210 g/mol. The summed E-state index contributed by atoms with van der Waals surface area (Å²) in [5.41, 5.74) is 1.19. The third-order valence-electron chi connectivity index (χ3n) is 2.48. The Morgan fingerprint density at radius 1 is 1.71 bits per heavy atom. The first-order chi connectivity index (χ1) is 6.86. The van der Waals surface area contributed by atoms with E-state index >= 15 is 0 Å². The summed E-state index contributed by atoms with van der Waals surface area (Å²) in [7, 11) is 0. The molecule has 1 aliphatic heterocycles. The molecule has 0 radical (unpaired) electrons. The molecule has 1 saturated heterocycles. The molecule has 0 aromatic carbocycles. The quantitative estimate of drug-likeness (QED) is 0.780. The largest absolute Gasteiger partial charge is 0.352 e. The van der Waals surface area contributed by atoms with Crippen molar-refractivity contribution < 1.29 is 4.79 Å². The molecular weight excluding hydrogens is 196 g/mol. The van der Waals surface area contributed by atoms with E-state index in [2.05, 4.69) is 16.0 Å². The molecule has 3 nitrogen and oxygen atoms in total. The second-order valence-corrected chi connectivity index (χ2v) is 4.32. The molecule has 1 amide bonds. The zero-order valence-electron chi connectivity index (χ0n) is 7.95. The number of hydrogen-bond acceptors (Lipinski definition) is 3. The number of amides is 1. The van der Waals surface area contributed by atoms with Crippen molar-refractivity contribution in [1.29, 1.82) is 0 Å². The summed E-state index contributed by atoms with van der Waals surface area (Å²) in [6.45, 7) is 2.46. The van der Waals surface area contributed by atoms with Gasteiger partial charge in [0.15, 0.2) is 0 Å². The smallest absolute Gasteiger partial charge is 0.224 e. The average Bonchev–Trinajstić information content (AvgIpc) is 2.87. The highest BCUT2D eigenvalue weighted by atomic mass is 32.1. The van der Waals surface area contributed by atoms with Crippen LogP contribution in [0, 0.1) is 5.92 Å². The van der Waals surface area contributed by atoms with E-state index in [0.717, 1.165) is 19.5 Å². The van der Waals surface area contributed by atoms with Gasteiger partial charge in [-0.2, -0.15) is 11.3 Å². The van der Waals surface area contributed by atoms with E-state index in [4.69, 9.17) is 0 Å². The van der Waals surface area contributed by atoms with Crippen molar-refractivity contribution in [3.8, 4) is 0 Å². The lowest BCUT2D eigenvalue weighted by molar-refractivity contribution is -0.124. The van der Waals surface area contributed by atoms with Crippen molar-refractivity contribution in [3.05, 3.63) is 22.4 Å². The molecule has 0 aliphatic carbocycles. The van der Waals surface area contributed by atoms with Gasteiger partial charge in [-0.15, -0.1) is 0 Å². The van der Waals surface area contributed by atoms with Gasteiger partial charge in [-0.25, -0.2) is 0 Å². The predicted molar refractivity (Wildman–Crippen MR) is 57.1 cm³/mol. The summed E-state index contributed by atoms with van der Waals surface area (Å²) in [6.07, 6.45) is 0.968. The third-order valence-corrected chi connectivity index (χ3v) is 3.21. The van der Waals surface area contributed by atoms with Gasteiger partial charge < -0.3 is 10.6 Å². The number of carbonyl (C=O) groups is 1. The van der Waals surface area contributed by atoms with Crippen LogP contribution in [0.2, 0.25) is 0 Å². The van der Waals surface area contributed by atoms with E-state index in [1.807, 2.05) is 11.4 Å². The SMILES string of the molecule is O=C(NCc1ccsc1)C1CCNC1. The number of hydrogen-bond donors (Lipinski definition) is 2. The molecule has 14 heavy (non-hydrogen) atoms. The number of carbonyl (C=O) groups excluding carboxylic acids is 1. The summed E-state index contributed by atoms with van der Waals surface area (Å²) in [5.74, 6) is 0.356. The zero-order valence-corrected chi connectivity index (χ0v) is 8.77. The Kier molecular flexibility index (Phi) is 3.16. The van der Waals surface area contributed by atoms with Crippen molar-refractivity contribution >= 4 is 17.2 Å². The lowest BCUT2D eigenvalue weighted by atomic mass is 10.1. The number of thiophene rings is 1. The van der Waals surface area contributed by atoms with E-state index in [1.165, 1.54) is 5.56 Å². The third kappa shape index (κ3) is 2.33. The Morgan fingerprint density at radius 3 is 3.29 bits per heavy atom. The predicted octanol–water partition coefficient (Wildman–Crippen LogP) is 0.974. The molecular formula is C10H14N2OS. The van der Waals surface area contributed by atoms with Crippen molar-refractivity contribution in [3.63, 3.8) is 0 Å². The molecule has 0 saturated carbocycles. The average molecular weight is 210 g/mol. The van der Waals surface area contributed by atoms with E-state index in [-0.39, 0.29) is 11.8 Å². The van der Waals surface area contributed by atoms with Crippen LogP contribution in [0.1, 0.15) is 12.0 Å². The molecule has 0 bridgehead atoms. The Bertz CT molecular complexity index is 291. The topological polar surface area (TPSA) is 41.1 Å². The van der Waals surface area contributed by atoms with Crippen molar-refractivity contribution in [1.82, 2.24) is 10.6 Å². The fourth-order valence-electron chi connectivity index (χ4n) is 1.61. The van der Waals surface area contributed by atoms with E-state index in [0.29, 0.717) is 6.54 Å². The summed E-state index contributed by atoms with van der Waals surface area (Å²) in [4.78, 5) is 11.6. The van der Waals surface area contributed by atoms with Crippen LogP contribution >= 0.6 is 11.3 Å². The molecule has 1 aromatic rings. The maximum atomic E-state index is 11.6. The summed E-state index contributed by atoms with van der Waals surface area (Å²) >= 11 is 1.66. The van der Waals surface area contributed by atoms with Gasteiger partial charge in [0, 0.05) is 13.1 Å². The second-order valence-electron chi connectivity index (χ2n) is 3.54. The first-order valence-electron chi connectivity index (χ1n) is 4.86. The molecule has 1 unspecified atom stereocenters. The van der Waals surface area contributed by atoms with Crippen molar-refractivity contribution in [2.75, 3.05) is 13.1 Å². The van der Waals surface area contributed by atoms with Crippen molar-refractivity contribution in [2.24, 2.45) is 5.92 Å². The maximum Gasteiger partial charge on any atom is 0.224 e. The molecule has 0 spiro atoms. The number of rotatable bonds is 3. The summed E-state index contributed by atoms with van der Waals surface area (Å²) < 4.78 is 0. The van der Waals surface area contributed by atoms with Gasteiger partial charge in [0.05, 0.1) is 5.92 Å². The van der Waals surface area contributed by atoms with Gasteiger partial charge in [-0.3, -0.25) is 4.79 Å². The molecule has 2 N–H and O–H groups in total. The lowest BCUT2D eigenvalue weighted by Crippen LogP contribution is -2.31. The highest BCUT2D eigenvalue weighted by Gasteiger charge is 2.21. The molecule has 1 atom stereocenters. The van der Waals surface area contributed by atoms with Crippen LogP contribution in [0.5, 0.6) is 0 Å². The molecule has 2 heterocycles. The minimum absolute atomic E-state index is 0.175. The van der Waals surface area contributed by atoms with Gasteiger partial charge >= 0.3 is 0 Å². The van der Waals surface area contributed by atoms with E-state index < -0.39 is 0 Å². The fraction of sp³-hybridized carbons (Fsp3) is 0.500. The molecule has 76 valence electrons. The van der Waals surface area contributed by atoms with Crippen LogP contribution in [0.4, 0.5) is 0 Å². The Labute approximate surface area is 87.5 Å². The first-order valence-corrected chi connectivity index (χ1v) is 5.80. The van der Waals surface area contributed by atoms with Gasteiger partial charge in [-0.05, 0) is 35.4 Å². The van der Waals surface area contributed by atoms with E-state index in [1.54, 1.807) is 11.3 Å². The van der Waals surface area contributed by atoms with Crippen LogP contribution in [-0.2, 0) is 11.3 Å². The summed E-state index contributed by atoms with van der Waals surface area (Å²) in [5, 5.41) is 10.2. The van der Waals surface area contributed by atoms with Crippen molar-refractivity contribution in [2.45, 2.75) is 13.0 Å². The normalized spacial score (nSPS) is 21.0. The van der Waals surface area contributed by atoms with Crippen LogP contribution in [0.15, 0.2) is 16.8 Å². The second kappa shape index (κ2) is 4.57. The minimum Gasteiger partial charge on any atom is -0.352 e. The van der Waals surface area contributed by atoms with Crippen LogP contribution in [0.25, 0.3) is 0 Å². The van der Waals surface area contributed by atoms with Crippen LogP contribution in [0.3, 0.4) is 0 Å². The molecule has 1 fully saturated rings. The van der Waals surface area contributed by atoms with Gasteiger partial charge in [0.1, 0.15) is 0 Å². The minimum atomic E-state index is 0.175. The van der Waals surface area contributed by atoms with E-state index in [9.17, 15) is 4.79 Å². The molecule has 1 aromatic heterocycles. The highest BCUT2D eigenvalue weighted by Crippen LogP contribution is 2.09. The van der Waals surface area contributed by atoms with Gasteiger partial charge in [-0.1, -0.05) is 0 Å². The summed E-state index contributed by atoms with van der Waals surface area (Å²) in [6, 6.07) is 2.04. The standard InChI is InChI=1S/C10H14N2OS/c13-10(9-1-3-11-6-9)12-5-8-2-4-14-7-8/h2,4,7,9,11H,1,3,5-6H2,(H,12,13). The first kappa shape index (κ1) is 9.68. The van der Waals surface area contributed by atoms with Gasteiger partial charge in [0.25, 0.3) is 0 Å². The van der Waals surface area contributed by atoms with Crippen LogP contribution in [-0.4, -0.2) is 19.0 Å². The molecule has 4 heteroatoms. The highest BCUT2D eigenvalue weighted by molar-refractivity contribution is 7.07. The van der Waals surface area contributed by atoms with Crippen LogP contribution < -0.4 is 10.6 Å². The van der Waals surface area contributed by atoms with Gasteiger partial charge in [0.2, 0.25) is 5.91 Å². The molecule has 2 rings (SSSR count). The maximum absolute atomic E-state index is 11.6. The fourth-order valence-corrected chi connectivity index (χ4v) is 2.27. The Balaban J connectivity index is 1.77. The Hall–Kier alpha value is -0.870.